The summed E-state index contributed by atoms with van der Waals surface area (Å²) in [6.45, 7) is 4.59. The highest BCUT2D eigenvalue weighted by atomic mass is 19.1. The molecule has 1 aromatic heterocycles. The van der Waals surface area contributed by atoms with E-state index in [-0.39, 0.29) is 17.0 Å². The minimum atomic E-state index is -1.31. The van der Waals surface area contributed by atoms with Crippen LogP contribution in [0.3, 0.4) is 0 Å². The Hall–Kier alpha value is -2.61. The number of nitrogens with zero attached hydrogens (tertiary/aromatic N) is 2. The van der Waals surface area contributed by atoms with Gasteiger partial charge in [-0.15, -0.1) is 0 Å². The quantitative estimate of drug-likeness (QED) is 0.820. The number of fused-ring (bicyclic) bond motifs is 1. The molecule has 2 saturated heterocycles. The van der Waals surface area contributed by atoms with E-state index in [1.807, 2.05) is 11.8 Å². The molecule has 0 saturated carbocycles. The van der Waals surface area contributed by atoms with Crippen LogP contribution in [0.5, 0.6) is 5.75 Å². The summed E-state index contributed by atoms with van der Waals surface area (Å²) in [4.78, 5) is 26.2. The van der Waals surface area contributed by atoms with Gasteiger partial charge in [-0.25, -0.2) is 9.18 Å². The van der Waals surface area contributed by atoms with Crippen molar-refractivity contribution in [3.8, 4) is 5.75 Å². The minimum Gasteiger partial charge on any atom is -0.487 e. The Bertz CT molecular complexity index is 1040. The van der Waals surface area contributed by atoms with Crippen molar-refractivity contribution in [2.45, 2.75) is 31.8 Å². The number of carboxylic acid groups (broad SMARTS) is 1. The highest BCUT2D eigenvalue weighted by molar-refractivity contribution is 5.97. The first-order valence-electron chi connectivity index (χ1n) is 9.71. The van der Waals surface area contributed by atoms with E-state index in [9.17, 15) is 14.7 Å². The Kier molecular flexibility index (Phi) is 3.87. The molecule has 0 spiro atoms. The molecule has 0 aliphatic carbocycles. The third kappa shape index (κ3) is 2.44. The SMILES string of the molecule is CC1COc2c(N3CC4CCCNC4C3)c(F)cc3c(=O)c(C(=O)O)cn1c23. The van der Waals surface area contributed by atoms with Gasteiger partial charge in [0.1, 0.15) is 17.9 Å². The lowest BCUT2D eigenvalue weighted by atomic mass is 9.94. The van der Waals surface area contributed by atoms with Gasteiger partial charge in [0.25, 0.3) is 0 Å². The van der Waals surface area contributed by atoms with Crippen LogP contribution in [-0.4, -0.2) is 47.9 Å². The second kappa shape index (κ2) is 6.20. The zero-order valence-corrected chi connectivity index (χ0v) is 15.6. The zero-order valence-electron chi connectivity index (χ0n) is 15.6. The van der Waals surface area contributed by atoms with Gasteiger partial charge in [0.05, 0.1) is 16.9 Å². The molecule has 5 rings (SSSR count). The maximum absolute atomic E-state index is 15.2. The average molecular weight is 387 g/mol. The number of pyridine rings is 1. The Morgan fingerprint density at radius 1 is 1.39 bits per heavy atom. The Morgan fingerprint density at radius 3 is 2.96 bits per heavy atom. The number of hydrogen-bond donors (Lipinski definition) is 2. The second-order valence-electron chi connectivity index (χ2n) is 8.04. The van der Waals surface area contributed by atoms with Crippen LogP contribution in [-0.2, 0) is 0 Å². The average Bonchev–Trinajstić information content (AvgIpc) is 3.09. The molecule has 148 valence electrons. The number of ether oxygens (including phenoxy) is 1. The van der Waals surface area contributed by atoms with E-state index in [1.54, 1.807) is 4.57 Å². The molecule has 0 amide bonds. The molecule has 0 bridgehead atoms. The predicted molar refractivity (Wildman–Crippen MR) is 102 cm³/mol. The maximum Gasteiger partial charge on any atom is 0.341 e. The summed E-state index contributed by atoms with van der Waals surface area (Å²) in [6, 6.07) is 1.35. The lowest BCUT2D eigenvalue weighted by Gasteiger charge is -2.31. The van der Waals surface area contributed by atoms with Crippen molar-refractivity contribution in [2.75, 3.05) is 31.1 Å². The number of hydrogen-bond acceptors (Lipinski definition) is 5. The fourth-order valence-electron chi connectivity index (χ4n) is 4.89. The smallest absolute Gasteiger partial charge is 0.341 e. The summed E-state index contributed by atoms with van der Waals surface area (Å²) in [5, 5.41) is 12.9. The van der Waals surface area contributed by atoms with Crippen LogP contribution >= 0.6 is 0 Å². The lowest BCUT2D eigenvalue weighted by molar-refractivity contribution is 0.0694. The third-order valence-corrected chi connectivity index (χ3v) is 6.29. The van der Waals surface area contributed by atoms with Crippen molar-refractivity contribution < 1.29 is 19.0 Å². The van der Waals surface area contributed by atoms with Crippen LogP contribution in [0, 0.1) is 11.7 Å². The number of piperidine rings is 1. The molecule has 2 fully saturated rings. The molecular weight excluding hydrogens is 365 g/mol. The van der Waals surface area contributed by atoms with Crippen LogP contribution in [0.1, 0.15) is 36.2 Å². The number of rotatable bonds is 2. The molecule has 3 aliphatic rings. The maximum atomic E-state index is 15.2. The van der Waals surface area contributed by atoms with Gasteiger partial charge in [-0.3, -0.25) is 4.79 Å². The van der Waals surface area contributed by atoms with Crippen molar-refractivity contribution in [3.05, 3.63) is 33.9 Å². The van der Waals surface area contributed by atoms with Gasteiger partial charge in [0.2, 0.25) is 5.43 Å². The van der Waals surface area contributed by atoms with Gasteiger partial charge in [-0.05, 0) is 38.3 Å². The van der Waals surface area contributed by atoms with Crippen LogP contribution < -0.4 is 20.4 Å². The third-order valence-electron chi connectivity index (χ3n) is 6.29. The summed E-state index contributed by atoms with van der Waals surface area (Å²) < 4.78 is 22.9. The number of carbonyl (C=O) groups is 1. The fraction of sp³-hybridized carbons (Fsp3) is 0.500. The lowest BCUT2D eigenvalue weighted by Crippen LogP contribution is -2.40. The number of anilines is 1. The van der Waals surface area contributed by atoms with E-state index in [0.29, 0.717) is 42.1 Å². The monoisotopic (exact) mass is 387 g/mol. The van der Waals surface area contributed by atoms with Crippen molar-refractivity contribution in [1.82, 2.24) is 9.88 Å². The highest BCUT2D eigenvalue weighted by Crippen LogP contribution is 2.43. The normalized spacial score (nSPS) is 26.2. The first-order chi connectivity index (χ1) is 13.5. The standard InChI is InChI=1S/C20H22FN3O4/c1-10-9-28-19-16-12(18(25)13(20(26)27)7-24(10)16)5-14(21)17(19)23-6-11-3-2-4-22-15(11)8-23/h5,7,10-11,15,22H,2-4,6,8-9H2,1H3,(H,26,27). The van der Waals surface area contributed by atoms with E-state index >= 15 is 4.39 Å². The number of benzene rings is 1. The fourth-order valence-corrected chi connectivity index (χ4v) is 4.89. The largest absolute Gasteiger partial charge is 0.487 e. The van der Waals surface area contributed by atoms with E-state index in [2.05, 4.69) is 5.32 Å². The van der Waals surface area contributed by atoms with Crippen molar-refractivity contribution in [1.29, 1.82) is 0 Å². The molecule has 7 nitrogen and oxygen atoms in total. The number of nitrogens with one attached hydrogen (secondary N) is 1. The van der Waals surface area contributed by atoms with Gasteiger partial charge in [0.15, 0.2) is 11.6 Å². The zero-order chi connectivity index (χ0) is 19.6. The van der Waals surface area contributed by atoms with Crippen LogP contribution in [0.25, 0.3) is 10.9 Å². The van der Waals surface area contributed by atoms with Gasteiger partial charge in [-0.1, -0.05) is 0 Å². The first kappa shape index (κ1) is 17.5. The minimum absolute atomic E-state index is 0.0532. The van der Waals surface area contributed by atoms with Crippen LogP contribution in [0.4, 0.5) is 10.1 Å². The summed E-state index contributed by atoms with van der Waals surface area (Å²) in [7, 11) is 0. The van der Waals surface area contributed by atoms with Crippen LogP contribution in [0.15, 0.2) is 17.1 Å². The van der Waals surface area contributed by atoms with Gasteiger partial charge in [0, 0.05) is 25.3 Å². The molecule has 0 radical (unpaired) electrons. The summed E-state index contributed by atoms with van der Waals surface area (Å²) >= 11 is 0. The number of aromatic carboxylic acids is 1. The molecule has 28 heavy (non-hydrogen) atoms. The molecule has 2 N–H and O–H groups in total. The van der Waals surface area contributed by atoms with Crippen molar-refractivity contribution in [3.63, 3.8) is 0 Å². The Morgan fingerprint density at radius 2 is 2.21 bits per heavy atom. The Labute approximate surface area is 160 Å². The molecule has 8 heteroatoms. The molecule has 3 atom stereocenters. The van der Waals surface area contributed by atoms with Crippen molar-refractivity contribution in [2.24, 2.45) is 5.92 Å². The van der Waals surface area contributed by atoms with E-state index in [0.717, 1.165) is 25.9 Å². The van der Waals surface area contributed by atoms with E-state index in [1.165, 1.54) is 12.3 Å². The molecule has 3 aliphatic heterocycles. The van der Waals surface area contributed by atoms with Gasteiger partial charge in [-0.2, -0.15) is 0 Å². The highest BCUT2D eigenvalue weighted by Gasteiger charge is 2.38. The predicted octanol–water partition coefficient (Wildman–Crippen LogP) is 1.98. The molecule has 4 heterocycles. The van der Waals surface area contributed by atoms with E-state index < -0.39 is 17.2 Å². The number of halogens is 1. The summed E-state index contributed by atoms with van der Waals surface area (Å²) in [6.07, 6.45) is 3.59. The molecule has 3 unspecified atom stereocenters. The van der Waals surface area contributed by atoms with Gasteiger partial charge < -0.3 is 24.6 Å². The molecule has 2 aromatic rings. The van der Waals surface area contributed by atoms with Gasteiger partial charge >= 0.3 is 5.97 Å². The molecular formula is C20H22FN3O4. The number of carboxylic acids is 1. The van der Waals surface area contributed by atoms with E-state index in [4.69, 9.17) is 4.74 Å². The van der Waals surface area contributed by atoms with Crippen LogP contribution in [0.2, 0.25) is 0 Å². The summed E-state index contributed by atoms with van der Waals surface area (Å²) in [5.41, 5.74) is -0.171. The summed E-state index contributed by atoms with van der Waals surface area (Å²) in [5.74, 6) is -1.03. The topological polar surface area (TPSA) is 83.8 Å². The number of aromatic nitrogens is 1. The van der Waals surface area contributed by atoms with Crippen molar-refractivity contribution >= 4 is 22.6 Å². The first-order valence-corrected chi connectivity index (χ1v) is 9.71. The second-order valence-corrected chi connectivity index (χ2v) is 8.04. The molecule has 1 aromatic carbocycles. The Balaban J connectivity index is 1.73.